The molecular formula is C17H17N3O. The van der Waals surface area contributed by atoms with Crippen LogP contribution in [0.15, 0.2) is 42.5 Å². The van der Waals surface area contributed by atoms with Crippen molar-refractivity contribution in [3.63, 3.8) is 0 Å². The highest BCUT2D eigenvalue weighted by atomic mass is 16.1. The highest BCUT2D eigenvalue weighted by Crippen LogP contribution is 2.17. The Balaban J connectivity index is 1.75. The number of H-pyrrole nitrogens is 1. The minimum atomic E-state index is -0.0557. The van der Waals surface area contributed by atoms with Crippen molar-refractivity contribution in [3.8, 4) is 0 Å². The predicted octanol–water partition coefficient (Wildman–Crippen LogP) is 3.36. The minimum Gasteiger partial charge on any atom is -0.309 e. The summed E-state index contributed by atoms with van der Waals surface area (Å²) in [5.41, 5.74) is 2.94. The van der Waals surface area contributed by atoms with E-state index in [0.29, 0.717) is 12.2 Å². The number of aromatic amines is 1. The first-order valence-electron chi connectivity index (χ1n) is 6.92. The first-order valence-corrected chi connectivity index (χ1v) is 6.92. The summed E-state index contributed by atoms with van der Waals surface area (Å²) in [5.74, 6) is 0.554. The fourth-order valence-corrected chi connectivity index (χ4v) is 2.32. The number of carbonyl (C=O) groups excluding carboxylic acids is 1. The van der Waals surface area contributed by atoms with Crippen LogP contribution in [0, 0.1) is 13.8 Å². The molecule has 0 aliphatic carbocycles. The van der Waals surface area contributed by atoms with E-state index in [1.807, 2.05) is 38.1 Å². The number of hydrogen-bond donors (Lipinski definition) is 2. The monoisotopic (exact) mass is 279 g/mol. The summed E-state index contributed by atoms with van der Waals surface area (Å²) in [6.07, 6.45) is 0.343. The van der Waals surface area contributed by atoms with Gasteiger partial charge in [-0.05, 0) is 30.2 Å². The largest absolute Gasteiger partial charge is 0.309 e. The molecule has 0 saturated carbocycles. The lowest BCUT2D eigenvalue weighted by atomic mass is 10.0. The fraction of sp³-hybridized carbons (Fsp3) is 0.176. The van der Waals surface area contributed by atoms with Crippen LogP contribution in [-0.2, 0) is 11.2 Å². The molecular weight excluding hydrogens is 262 g/mol. The second-order valence-electron chi connectivity index (χ2n) is 5.23. The molecule has 3 aromatic rings. The number of rotatable bonds is 3. The zero-order valence-electron chi connectivity index (χ0n) is 12.1. The molecule has 0 fully saturated rings. The maximum Gasteiger partial charge on any atom is 0.230 e. The lowest BCUT2D eigenvalue weighted by Gasteiger charge is -2.05. The normalized spacial score (nSPS) is 10.8. The number of nitrogens with one attached hydrogen (secondary N) is 2. The molecule has 2 N–H and O–H groups in total. The average molecular weight is 279 g/mol. The van der Waals surface area contributed by atoms with Gasteiger partial charge in [0, 0.05) is 11.3 Å². The fourth-order valence-electron chi connectivity index (χ4n) is 2.32. The zero-order chi connectivity index (χ0) is 14.8. The topological polar surface area (TPSA) is 57.8 Å². The zero-order valence-corrected chi connectivity index (χ0v) is 12.1. The van der Waals surface area contributed by atoms with Gasteiger partial charge in [-0.3, -0.25) is 9.89 Å². The van der Waals surface area contributed by atoms with Crippen LogP contribution in [0.5, 0.6) is 0 Å². The SMILES string of the molecule is Cc1[nH]nc(NC(=O)Cc2ccc3ccccc3c2)c1C. The maximum atomic E-state index is 12.1. The molecule has 4 heteroatoms. The van der Waals surface area contributed by atoms with E-state index in [9.17, 15) is 4.79 Å². The molecule has 3 rings (SSSR count). The second kappa shape index (κ2) is 5.40. The van der Waals surface area contributed by atoms with E-state index in [1.165, 1.54) is 5.39 Å². The van der Waals surface area contributed by atoms with E-state index in [4.69, 9.17) is 0 Å². The Kier molecular flexibility index (Phi) is 3.44. The molecule has 0 aliphatic rings. The quantitative estimate of drug-likeness (QED) is 0.772. The molecule has 0 radical (unpaired) electrons. The Morgan fingerprint density at radius 1 is 1.14 bits per heavy atom. The first kappa shape index (κ1) is 13.4. The molecule has 1 amide bonds. The number of anilines is 1. The van der Waals surface area contributed by atoms with Crippen molar-refractivity contribution in [3.05, 3.63) is 59.3 Å². The van der Waals surface area contributed by atoms with Crippen molar-refractivity contribution in [1.29, 1.82) is 0 Å². The van der Waals surface area contributed by atoms with E-state index in [0.717, 1.165) is 22.2 Å². The third kappa shape index (κ3) is 2.79. The molecule has 0 aliphatic heterocycles. The minimum absolute atomic E-state index is 0.0557. The number of nitrogens with zero attached hydrogens (tertiary/aromatic N) is 1. The van der Waals surface area contributed by atoms with Gasteiger partial charge in [0.1, 0.15) is 0 Å². The molecule has 0 saturated heterocycles. The van der Waals surface area contributed by atoms with Gasteiger partial charge in [-0.15, -0.1) is 0 Å². The van der Waals surface area contributed by atoms with Gasteiger partial charge >= 0.3 is 0 Å². The van der Waals surface area contributed by atoms with Gasteiger partial charge in [0.15, 0.2) is 5.82 Å². The Hall–Kier alpha value is -2.62. The van der Waals surface area contributed by atoms with Gasteiger partial charge in [0.05, 0.1) is 6.42 Å². The number of fused-ring (bicyclic) bond motifs is 1. The van der Waals surface area contributed by atoms with Gasteiger partial charge in [-0.2, -0.15) is 5.10 Å². The highest BCUT2D eigenvalue weighted by Gasteiger charge is 2.10. The van der Waals surface area contributed by atoms with E-state index in [1.54, 1.807) is 0 Å². The van der Waals surface area contributed by atoms with Crippen LogP contribution in [0.4, 0.5) is 5.82 Å². The van der Waals surface area contributed by atoms with Crippen molar-refractivity contribution in [2.24, 2.45) is 0 Å². The second-order valence-corrected chi connectivity index (χ2v) is 5.23. The molecule has 1 heterocycles. The molecule has 4 nitrogen and oxygen atoms in total. The Labute approximate surface area is 123 Å². The van der Waals surface area contributed by atoms with Gasteiger partial charge in [-0.25, -0.2) is 0 Å². The van der Waals surface area contributed by atoms with E-state index < -0.39 is 0 Å². The molecule has 0 spiro atoms. The van der Waals surface area contributed by atoms with E-state index in [-0.39, 0.29) is 5.91 Å². The van der Waals surface area contributed by atoms with Crippen molar-refractivity contribution in [2.75, 3.05) is 5.32 Å². The van der Waals surface area contributed by atoms with Crippen LogP contribution >= 0.6 is 0 Å². The van der Waals surface area contributed by atoms with Gasteiger partial charge in [0.2, 0.25) is 5.91 Å². The molecule has 0 atom stereocenters. The maximum absolute atomic E-state index is 12.1. The van der Waals surface area contributed by atoms with Crippen molar-refractivity contribution in [2.45, 2.75) is 20.3 Å². The highest BCUT2D eigenvalue weighted by molar-refractivity contribution is 5.93. The van der Waals surface area contributed by atoms with E-state index in [2.05, 4.69) is 33.7 Å². The van der Waals surface area contributed by atoms with Crippen molar-refractivity contribution >= 4 is 22.5 Å². The summed E-state index contributed by atoms with van der Waals surface area (Å²) in [6.45, 7) is 3.87. The van der Waals surface area contributed by atoms with Crippen LogP contribution in [-0.4, -0.2) is 16.1 Å². The lowest BCUT2D eigenvalue weighted by Crippen LogP contribution is -2.15. The third-order valence-electron chi connectivity index (χ3n) is 3.69. The summed E-state index contributed by atoms with van der Waals surface area (Å²) in [5, 5.41) is 12.1. The summed E-state index contributed by atoms with van der Waals surface area (Å²) in [7, 11) is 0. The summed E-state index contributed by atoms with van der Waals surface area (Å²) in [6, 6.07) is 14.2. The standard InChI is InChI=1S/C17H17N3O/c1-11-12(2)19-20-17(11)18-16(21)10-13-7-8-14-5-3-4-6-15(14)9-13/h3-9H,10H2,1-2H3,(H2,18,19,20,21). The molecule has 0 bridgehead atoms. The van der Waals surface area contributed by atoms with Gasteiger partial charge in [0.25, 0.3) is 0 Å². The van der Waals surface area contributed by atoms with Crippen LogP contribution < -0.4 is 5.32 Å². The summed E-state index contributed by atoms with van der Waals surface area (Å²) >= 11 is 0. The van der Waals surface area contributed by atoms with Gasteiger partial charge in [-0.1, -0.05) is 42.5 Å². The number of benzene rings is 2. The Morgan fingerprint density at radius 3 is 2.62 bits per heavy atom. The molecule has 0 unspecified atom stereocenters. The van der Waals surface area contributed by atoms with E-state index >= 15 is 0 Å². The molecule has 106 valence electrons. The predicted molar refractivity (Wildman–Crippen MR) is 84.3 cm³/mol. The lowest BCUT2D eigenvalue weighted by molar-refractivity contribution is -0.115. The summed E-state index contributed by atoms with van der Waals surface area (Å²) < 4.78 is 0. The van der Waals surface area contributed by atoms with Crippen LogP contribution in [0.2, 0.25) is 0 Å². The van der Waals surface area contributed by atoms with Gasteiger partial charge < -0.3 is 5.32 Å². The van der Waals surface area contributed by atoms with Crippen LogP contribution in [0.1, 0.15) is 16.8 Å². The Bertz CT molecular complexity index is 805. The molecule has 2 aromatic carbocycles. The van der Waals surface area contributed by atoms with Crippen LogP contribution in [0.3, 0.4) is 0 Å². The number of aromatic nitrogens is 2. The number of hydrogen-bond acceptors (Lipinski definition) is 2. The van der Waals surface area contributed by atoms with Crippen molar-refractivity contribution < 1.29 is 4.79 Å². The number of aryl methyl sites for hydroxylation is 1. The average Bonchev–Trinajstić information content (AvgIpc) is 2.79. The van der Waals surface area contributed by atoms with Crippen molar-refractivity contribution in [1.82, 2.24) is 10.2 Å². The number of carbonyl (C=O) groups is 1. The molecule has 21 heavy (non-hydrogen) atoms. The smallest absolute Gasteiger partial charge is 0.230 e. The Morgan fingerprint density at radius 2 is 1.90 bits per heavy atom. The third-order valence-corrected chi connectivity index (χ3v) is 3.69. The molecule has 1 aromatic heterocycles. The summed E-state index contributed by atoms with van der Waals surface area (Å²) in [4.78, 5) is 12.1. The number of amides is 1. The van der Waals surface area contributed by atoms with Crippen LogP contribution in [0.25, 0.3) is 10.8 Å². The first-order chi connectivity index (χ1) is 10.1.